The van der Waals surface area contributed by atoms with Gasteiger partial charge in [0.1, 0.15) is 5.75 Å². The van der Waals surface area contributed by atoms with Crippen LogP contribution in [0.3, 0.4) is 0 Å². The molecule has 2 rings (SSSR count). The SMILES string of the molecule is CCCn1cc(Oc2cncc(N)c2)cn1. The molecule has 0 amide bonds. The van der Waals surface area contributed by atoms with Crippen molar-refractivity contribution < 1.29 is 4.74 Å². The van der Waals surface area contributed by atoms with E-state index in [4.69, 9.17) is 10.5 Å². The predicted molar refractivity (Wildman–Crippen MR) is 61.2 cm³/mol. The summed E-state index contributed by atoms with van der Waals surface area (Å²) in [6.07, 6.45) is 7.77. The number of hydrogen-bond acceptors (Lipinski definition) is 4. The molecular formula is C11H14N4O. The van der Waals surface area contributed by atoms with Crippen LogP contribution in [-0.4, -0.2) is 14.8 Å². The number of aromatic nitrogens is 3. The van der Waals surface area contributed by atoms with E-state index in [2.05, 4.69) is 17.0 Å². The van der Waals surface area contributed by atoms with Crippen LogP contribution < -0.4 is 10.5 Å². The van der Waals surface area contributed by atoms with Crippen LogP contribution in [-0.2, 0) is 6.54 Å². The molecule has 0 aliphatic heterocycles. The Morgan fingerprint density at radius 2 is 2.19 bits per heavy atom. The number of anilines is 1. The molecule has 2 heterocycles. The third kappa shape index (κ3) is 2.50. The number of hydrogen-bond donors (Lipinski definition) is 1. The molecule has 2 N–H and O–H groups in total. The van der Waals surface area contributed by atoms with Crippen molar-refractivity contribution in [2.75, 3.05) is 5.73 Å². The Kier molecular flexibility index (Phi) is 3.05. The summed E-state index contributed by atoms with van der Waals surface area (Å²) >= 11 is 0. The zero-order valence-corrected chi connectivity index (χ0v) is 9.13. The molecule has 0 unspecified atom stereocenters. The maximum atomic E-state index is 5.60. The largest absolute Gasteiger partial charge is 0.452 e. The van der Waals surface area contributed by atoms with Crippen molar-refractivity contribution in [3.8, 4) is 11.5 Å². The van der Waals surface area contributed by atoms with Crippen molar-refractivity contribution in [1.29, 1.82) is 0 Å². The first-order chi connectivity index (χ1) is 7.78. The van der Waals surface area contributed by atoms with Crippen LogP contribution in [0.5, 0.6) is 11.5 Å². The highest BCUT2D eigenvalue weighted by atomic mass is 16.5. The summed E-state index contributed by atoms with van der Waals surface area (Å²) in [6, 6.07) is 1.73. The molecule has 0 atom stereocenters. The van der Waals surface area contributed by atoms with Gasteiger partial charge >= 0.3 is 0 Å². The van der Waals surface area contributed by atoms with Crippen LogP contribution >= 0.6 is 0 Å². The highest BCUT2D eigenvalue weighted by Gasteiger charge is 2.01. The molecule has 5 heteroatoms. The average Bonchev–Trinajstić information content (AvgIpc) is 2.66. The minimum absolute atomic E-state index is 0.582. The Hall–Kier alpha value is -2.04. The molecule has 16 heavy (non-hydrogen) atoms. The first-order valence-electron chi connectivity index (χ1n) is 5.19. The van der Waals surface area contributed by atoms with Gasteiger partial charge in [0.15, 0.2) is 5.75 Å². The van der Waals surface area contributed by atoms with Crippen molar-refractivity contribution >= 4 is 5.69 Å². The number of pyridine rings is 1. The second kappa shape index (κ2) is 4.65. The van der Waals surface area contributed by atoms with Gasteiger partial charge in [-0.05, 0) is 6.42 Å². The molecule has 0 aliphatic rings. The van der Waals surface area contributed by atoms with Crippen molar-refractivity contribution in [2.45, 2.75) is 19.9 Å². The standard InChI is InChI=1S/C11H14N4O/c1-2-3-15-8-11(7-14-15)16-10-4-9(12)5-13-6-10/h4-8H,2-3,12H2,1H3. The fourth-order valence-corrected chi connectivity index (χ4v) is 1.38. The zero-order chi connectivity index (χ0) is 11.4. The Labute approximate surface area is 93.9 Å². The molecule has 84 valence electrons. The van der Waals surface area contributed by atoms with Gasteiger partial charge in [-0.1, -0.05) is 6.92 Å². The highest BCUT2D eigenvalue weighted by Crippen LogP contribution is 2.21. The van der Waals surface area contributed by atoms with Gasteiger partial charge in [-0.3, -0.25) is 9.67 Å². The fourth-order valence-electron chi connectivity index (χ4n) is 1.38. The molecule has 0 spiro atoms. The van der Waals surface area contributed by atoms with Crippen LogP contribution in [0.1, 0.15) is 13.3 Å². The summed E-state index contributed by atoms with van der Waals surface area (Å²) in [4.78, 5) is 3.95. The summed E-state index contributed by atoms with van der Waals surface area (Å²) in [6.45, 7) is 2.99. The Morgan fingerprint density at radius 1 is 1.31 bits per heavy atom. The highest BCUT2D eigenvalue weighted by molar-refractivity contribution is 5.41. The number of nitrogens with zero attached hydrogens (tertiary/aromatic N) is 3. The van der Waals surface area contributed by atoms with Crippen LogP contribution in [0.2, 0.25) is 0 Å². The second-order valence-electron chi connectivity index (χ2n) is 3.50. The van der Waals surface area contributed by atoms with Crippen molar-refractivity contribution in [2.24, 2.45) is 0 Å². The Morgan fingerprint density at radius 3 is 2.94 bits per heavy atom. The first-order valence-corrected chi connectivity index (χ1v) is 5.19. The summed E-state index contributed by atoms with van der Waals surface area (Å²) in [5.41, 5.74) is 6.18. The van der Waals surface area contributed by atoms with Crippen molar-refractivity contribution in [3.05, 3.63) is 30.9 Å². The second-order valence-corrected chi connectivity index (χ2v) is 3.50. The molecular weight excluding hydrogens is 204 g/mol. The van der Waals surface area contributed by atoms with E-state index in [1.807, 2.05) is 10.9 Å². The molecule has 0 saturated carbocycles. The van der Waals surface area contributed by atoms with Crippen LogP contribution in [0, 0.1) is 0 Å². The molecule has 0 saturated heterocycles. The lowest BCUT2D eigenvalue weighted by Crippen LogP contribution is -1.95. The van der Waals surface area contributed by atoms with E-state index >= 15 is 0 Å². The van der Waals surface area contributed by atoms with E-state index in [0.29, 0.717) is 17.2 Å². The third-order valence-electron chi connectivity index (χ3n) is 2.03. The average molecular weight is 218 g/mol. The van der Waals surface area contributed by atoms with Gasteiger partial charge in [0, 0.05) is 12.6 Å². The number of rotatable bonds is 4. The van der Waals surface area contributed by atoms with Gasteiger partial charge in [-0.15, -0.1) is 0 Å². The monoisotopic (exact) mass is 218 g/mol. The fraction of sp³-hybridized carbons (Fsp3) is 0.273. The molecule has 2 aromatic rings. The quantitative estimate of drug-likeness (QED) is 0.853. The summed E-state index contributed by atoms with van der Waals surface area (Å²) < 4.78 is 7.40. The van der Waals surface area contributed by atoms with Crippen LogP contribution in [0.25, 0.3) is 0 Å². The Balaban J connectivity index is 2.08. The third-order valence-corrected chi connectivity index (χ3v) is 2.03. The van der Waals surface area contributed by atoms with Gasteiger partial charge in [0.2, 0.25) is 0 Å². The smallest absolute Gasteiger partial charge is 0.165 e. The van der Waals surface area contributed by atoms with E-state index in [1.165, 1.54) is 0 Å². The van der Waals surface area contributed by atoms with E-state index in [0.717, 1.165) is 13.0 Å². The van der Waals surface area contributed by atoms with Gasteiger partial charge in [0.25, 0.3) is 0 Å². The maximum absolute atomic E-state index is 5.60. The topological polar surface area (TPSA) is 66.0 Å². The predicted octanol–water partition coefficient (Wildman–Crippen LogP) is 2.06. The lowest BCUT2D eigenvalue weighted by molar-refractivity contribution is 0.478. The summed E-state index contributed by atoms with van der Waals surface area (Å²) in [5, 5.41) is 4.16. The minimum atomic E-state index is 0.582. The van der Waals surface area contributed by atoms with Crippen molar-refractivity contribution in [3.63, 3.8) is 0 Å². The Bertz CT molecular complexity index is 467. The maximum Gasteiger partial charge on any atom is 0.165 e. The van der Waals surface area contributed by atoms with Gasteiger partial charge in [-0.25, -0.2) is 0 Å². The molecule has 0 aliphatic carbocycles. The molecule has 0 bridgehead atoms. The normalized spacial score (nSPS) is 10.3. The van der Waals surface area contributed by atoms with Gasteiger partial charge in [0.05, 0.1) is 30.5 Å². The van der Waals surface area contributed by atoms with Gasteiger partial charge in [-0.2, -0.15) is 5.10 Å². The molecule has 0 radical (unpaired) electrons. The zero-order valence-electron chi connectivity index (χ0n) is 9.13. The number of ether oxygens (including phenoxy) is 1. The van der Waals surface area contributed by atoms with Crippen molar-refractivity contribution in [1.82, 2.24) is 14.8 Å². The summed E-state index contributed by atoms with van der Waals surface area (Å²) in [7, 11) is 0. The first kappa shape index (κ1) is 10.5. The lowest BCUT2D eigenvalue weighted by atomic mass is 10.4. The molecule has 0 fully saturated rings. The van der Waals surface area contributed by atoms with Crippen LogP contribution in [0.4, 0.5) is 5.69 Å². The number of nitrogen functional groups attached to an aromatic ring is 1. The number of nitrogens with two attached hydrogens (primary N) is 1. The van der Waals surface area contributed by atoms with Gasteiger partial charge < -0.3 is 10.5 Å². The van der Waals surface area contributed by atoms with E-state index in [-0.39, 0.29) is 0 Å². The minimum Gasteiger partial charge on any atom is -0.452 e. The summed E-state index contributed by atoms with van der Waals surface area (Å²) in [5.74, 6) is 1.32. The molecule has 2 aromatic heterocycles. The molecule has 0 aromatic carbocycles. The number of aryl methyl sites for hydroxylation is 1. The van der Waals surface area contributed by atoms with E-state index in [9.17, 15) is 0 Å². The van der Waals surface area contributed by atoms with E-state index < -0.39 is 0 Å². The van der Waals surface area contributed by atoms with Crippen LogP contribution in [0.15, 0.2) is 30.9 Å². The van der Waals surface area contributed by atoms with E-state index in [1.54, 1.807) is 24.7 Å². The lowest BCUT2D eigenvalue weighted by Gasteiger charge is -2.02. The molecule has 5 nitrogen and oxygen atoms in total.